The molecule has 0 unspecified atom stereocenters. The summed E-state index contributed by atoms with van der Waals surface area (Å²) < 4.78 is 11.0. The fraction of sp³-hybridized carbons (Fsp3) is 0.385. The van der Waals surface area contributed by atoms with Gasteiger partial charge in [-0.3, -0.25) is 19.3 Å². The van der Waals surface area contributed by atoms with Crippen LogP contribution >= 0.6 is 0 Å². The van der Waals surface area contributed by atoms with E-state index in [2.05, 4.69) is 5.48 Å². The van der Waals surface area contributed by atoms with Crippen molar-refractivity contribution in [3.63, 3.8) is 0 Å². The van der Waals surface area contributed by atoms with Crippen LogP contribution in [0.1, 0.15) is 78.3 Å². The van der Waals surface area contributed by atoms with Crippen molar-refractivity contribution in [2.45, 2.75) is 52.0 Å². The third-order valence-electron chi connectivity index (χ3n) is 5.65. The number of nitrogens with zero attached hydrogens (tertiary/aromatic N) is 1. The minimum atomic E-state index is -0.966. The highest BCUT2D eigenvalue weighted by molar-refractivity contribution is 6.21. The van der Waals surface area contributed by atoms with E-state index in [1.54, 1.807) is 42.5 Å². The summed E-state index contributed by atoms with van der Waals surface area (Å²) >= 11 is 0. The Morgan fingerprint density at radius 2 is 1.66 bits per heavy atom. The van der Waals surface area contributed by atoms with Crippen LogP contribution in [0, 0.1) is 0 Å². The second-order valence-electron chi connectivity index (χ2n) is 8.05. The van der Waals surface area contributed by atoms with Gasteiger partial charge in [0, 0.05) is 6.42 Å². The minimum absolute atomic E-state index is 0.187. The van der Waals surface area contributed by atoms with Gasteiger partial charge in [-0.15, -0.1) is 0 Å². The van der Waals surface area contributed by atoms with E-state index in [4.69, 9.17) is 14.3 Å². The largest absolute Gasteiger partial charge is 0.493 e. The van der Waals surface area contributed by atoms with Crippen molar-refractivity contribution in [1.29, 1.82) is 0 Å². The van der Waals surface area contributed by atoms with Crippen molar-refractivity contribution in [1.82, 2.24) is 10.4 Å². The molecule has 0 aromatic heterocycles. The predicted octanol–water partition coefficient (Wildman–Crippen LogP) is 3.98. The molecule has 186 valence electrons. The molecular weight excluding hydrogens is 452 g/mol. The van der Waals surface area contributed by atoms with Gasteiger partial charge in [-0.2, -0.15) is 5.48 Å². The molecule has 0 radical (unpaired) electrons. The summed E-state index contributed by atoms with van der Waals surface area (Å²) in [7, 11) is 1.50. The summed E-state index contributed by atoms with van der Waals surface area (Å²) in [6, 6.07) is 10.5. The van der Waals surface area contributed by atoms with E-state index in [9.17, 15) is 19.2 Å². The van der Waals surface area contributed by atoms with Gasteiger partial charge in [-0.1, -0.05) is 38.0 Å². The molecule has 9 nitrogen and oxygen atoms in total. The van der Waals surface area contributed by atoms with E-state index < -0.39 is 29.7 Å². The first-order chi connectivity index (χ1) is 16.9. The second kappa shape index (κ2) is 12.0. The van der Waals surface area contributed by atoms with Crippen molar-refractivity contribution in [3.05, 3.63) is 59.2 Å². The molecule has 1 heterocycles. The summed E-state index contributed by atoms with van der Waals surface area (Å²) in [5.74, 6) is -1.32. The molecule has 3 rings (SSSR count). The summed E-state index contributed by atoms with van der Waals surface area (Å²) in [4.78, 5) is 56.9. The maximum absolute atomic E-state index is 13.2. The van der Waals surface area contributed by atoms with E-state index in [0.717, 1.165) is 17.7 Å². The number of methoxy groups -OCH3 is 1. The van der Waals surface area contributed by atoms with E-state index in [-0.39, 0.29) is 24.0 Å². The minimum Gasteiger partial charge on any atom is -0.493 e. The quantitative estimate of drug-likeness (QED) is 0.293. The van der Waals surface area contributed by atoms with E-state index in [1.165, 1.54) is 7.11 Å². The summed E-state index contributed by atoms with van der Waals surface area (Å²) in [5.41, 5.74) is 3.18. The third kappa shape index (κ3) is 5.98. The molecule has 1 atom stereocenters. The van der Waals surface area contributed by atoms with Gasteiger partial charge in [0.15, 0.2) is 11.5 Å². The van der Waals surface area contributed by atoms with Crippen LogP contribution in [-0.4, -0.2) is 42.3 Å². The lowest BCUT2D eigenvalue weighted by atomic mass is 10.0. The molecule has 0 spiro atoms. The number of fused-ring (bicyclic) bond motifs is 1. The molecule has 0 saturated heterocycles. The van der Waals surface area contributed by atoms with Gasteiger partial charge in [0.1, 0.15) is 0 Å². The van der Waals surface area contributed by atoms with Crippen molar-refractivity contribution < 1.29 is 33.5 Å². The molecule has 2 aromatic rings. The average Bonchev–Trinajstić information content (AvgIpc) is 3.11. The van der Waals surface area contributed by atoms with Crippen molar-refractivity contribution in [2.75, 3.05) is 13.7 Å². The molecule has 9 heteroatoms. The molecule has 1 aliphatic rings. The molecular formula is C26H30N2O7. The number of carbonyl (C=O) groups excluding carboxylic acids is 4. The molecule has 3 amide bonds. The number of imide groups is 1. The van der Waals surface area contributed by atoms with Crippen molar-refractivity contribution in [3.8, 4) is 11.5 Å². The molecule has 0 saturated carbocycles. The average molecular weight is 483 g/mol. The Bertz CT molecular complexity index is 1060. The topological polar surface area (TPSA) is 111 Å². The van der Waals surface area contributed by atoms with Gasteiger partial charge in [0.05, 0.1) is 37.3 Å². The summed E-state index contributed by atoms with van der Waals surface area (Å²) in [5, 5.41) is 0. The molecule has 2 aromatic carbocycles. The van der Waals surface area contributed by atoms with Gasteiger partial charge in [0.25, 0.3) is 17.7 Å². The maximum atomic E-state index is 13.2. The van der Waals surface area contributed by atoms with Crippen molar-refractivity contribution >= 4 is 23.7 Å². The van der Waals surface area contributed by atoms with Crippen LogP contribution in [0.3, 0.4) is 0 Å². The summed E-state index contributed by atoms with van der Waals surface area (Å²) in [6.07, 6.45) is 2.37. The zero-order valence-electron chi connectivity index (χ0n) is 20.2. The molecule has 1 aliphatic heterocycles. The van der Waals surface area contributed by atoms with Crippen LogP contribution in [0.4, 0.5) is 0 Å². The predicted molar refractivity (Wildman–Crippen MR) is 127 cm³/mol. The van der Waals surface area contributed by atoms with Crippen LogP contribution in [0.5, 0.6) is 11.5 Å². The van der Waals surface area contributed by atoms with Gasteiger partial charge in [-0.25, -0.2) is 4.79 Å². The van der Waals surface area contributed by atoms with Gasteiger partial charge in [0.2, 0.25) is 0 Å². The lowest BCUT2D eigenvalue weighted by molar-refractivity contribution is -0.158. The fourth-order valence-electron chi connectivity index (χ4n) is 3.92. The molecule has 0 bridgehead atoms. The Morgan fingerprint density at radius 3 is 2.26 bits per heavy atom. The Balaban J connectivity index is 1.87. The first kappa shape index (κ1) is 25.7. The normalized spacial score (nSPS) is 13.3. The van der Waals surface area contributed by atoms with Crippen molar-refractivity contribution in [2.24, 2.45) is 0 Å². The van der Waals surface area contributed by atoms with E-state index in [0.29, 0.717) is 30.1 Å². The maximum Gasteiger partial charge on any atom is 0.332 e. The monoisotopic (exact) mass is 482 g/mol. The van der Waals surface area contributed by atoms with Crippen LogP contribution in [-0.2, 0) is 14.4 Å². The van der Waals surface area contributed by atoms with Gasteiger partial charge < -0.3 is 14.3 Å². The Kier molecular flexibility index (Phi) is 8.83. The lowest BCUT2D eigenvalue weighted by Gasteiger charge is -2.27. The number of ether oxygens (including phenoxy) is 2. The van der Waals surface area contributed by atoms with Gasteiger partial charge >= 0.3 is 5.97 Å². The van der Waals surface area contributed by atoms with Crippen LogP contribution in [0.2, 0.25) is 0 Å². The number of hydrogen-bond donors (Lipinski definition) is 1. The van der Waals surface area contributed by atoms with Crippen LogP contribution in [0.15, 0.2) is 42.5 Å². The number of benzene rings is 2. The lowest BCUT2D eigenvalue weighted by Crippen LogP contribution is -2.38. The van der Waals surface area contributed by atoms with Crippen LogP contribution in [0.25, 0.3) is 0 Å². The van der Waals surface area contributed by atoms with E-state index >= 15 is 0 Å². The number of unbranched alkanes of at least 4 members (excludes halogenated alkanes) is 2. The standard InChI is InChI=1S/C26H30N2O7/c1-4-6-7-12-24(30)35-27-23(29)16-20(17-13-14-21(33-3)22(15-17)34-5-2)28-25(31)18-10-8-9-11-19(18)26(28)32/h8-11,13-15,20H,4-7,12,16H2,1-3H3,(H,27,29)/t20-/m1/s1. The SMILES string of the molecule is CCCCCC(=O)ONC(=O)C[C@H](c1ccc(OC)c(OCC)c1)N1C(=O)c2ccccc2C1=O. The third-order valence-corrected chi connectivity index (χ3v) is 5.65. The fourth-order valence-corrected chi connectivity index (χ4v) is 3.92. The van der Waals surface area contributed by atoms with Gasteiger partial charge in [-0.05, 0) is 43.2 Å². The zero-order valence-corrected chi connectivity index (χ0v) is 20.2. The highest BCUT2D eigenvalue weighted by Crippen LogP contribution is 2.37. The highest BCUT2D eigenvalue weighted by atomic mass is 16.7. The van der Waals surface area contributed by atoms with Crippen LogP contribution < -0.4 is 15.0 Å². The number of nitrogens with one attached hydrogen (secondary N) is 1. The highest BCUT2D eigenvalue weighted by Gasteiger charge is 2.41. The molecule has 1 N–H and O–H groups in total. The first-order valence-corrected chi connectivity index (χ1v) is 11.7. The Morgan fingerprint density at radius 1 is 0.971 bits per heavy atom. The Hall–Kier alpha value is -3.88. The molecule has 0 aliphatic carbocycles. The summed E-state index contributed by atoms with van der Waals surface area (Å²) in [6.45, 7) is 4.20. The Labute approximate surface area is 204 Å². The second-order valence-corrected chi connectivity index (χ2v) is 8.05. The number of carbonyl (C=O) groups is 4. The van der Waals surface area contributed by atoms with E-state index in [1.807, 2.05) is 13.8 Å². The smallest absolute Gasteiger partial charge is 0.332 e. The number of hydrogen-bond acceptors (Lipinski definition) is 7. The molecule has 0 fully saturated rings. The number of hydroxylamine groups is 1. The molecule has 35 heavy (non-hydrogen) atoms. The number of amides is 3. The zero-order chi connectivity index (χ0) is 25.4. The number of rotatable bonds is 11. The first-order valence-electron chi connectivity index (χ1n) is 11.7.